The van der Waals surface area contributed by atoms with Crippen LogP contribution in [-0.4, -0.2) is 47.0 Å². The Morgan fingerprint density at radius 1 is 1.28 bits per heavy atom. The third-order valence-corrected chi connectivity index (χ3v) is 3.62. The van der Waals surface area contributed by atoms with Crippen molar-refractivity contribution >= 4 is 0 Å². The van der Waals surface area contributed by atoms with Crippen molar-refractivity contribution in [2.24, 2.45) is 0 Å². The summed E-state index contributed by atoms with van der Waals surface area (Å²) in [6, 6.07) is 6.58. The summed E-state index contributed by atoms with van der Waals surface area (Å²) in [7, 11) is 0. The summed E-state index contributed by atoms with van der Waals surface area (Å²) < 4.78 is 12.8. The van der Waals surface area contributed by atoms with Gasteiger partial charge in [-0.1, -0.05) is 12.1 Å². The molecule has 0 amide bonds. The molecule has 2 N–H and O–H groups in total. The Morgan fingerprint density at radius 2 is 2.00 bits per heavy atom. The van der Waals surface area contributed by atoms with Gasteiger partial charge in [0.25, 0.3) is 0 Å². The van der Waals surface area contributed by atoms with Crippen LogP contribution in [-0.2, 0) is 6.42 Å². The van der Waals surface area contributed by atoms with Gasteiger partial charge in [0, 0.05) is 19.1 Å². The fraction of sp³-hybridized carbons (Fsp3) is 0.571. The highest BCUT2D eigenvalue weighted by atomic mass is 19.1. The van der Waals surface area contributed by atoms with E-state index in [1.807, 2.05) is 0 Å². The lowest BCUT2D eigenvalue weighted by atomic mass is 9.99. The number of hydrogen-bond donors (Lipinski definition) is 2. The smallest absolute Gasteiger partial charge is 0.123 e. The maximum Gasteiger partial charge on any atom is 0.123 e. The number of benzene rings is 1. The summed E-state index contributed by atoms with van der Waals surface area (Å²) >= 11 is 0. The molecule has 1 aliphatic rings. The lowest BCUT2D eigenvalue weighted by Crippen LogP contribution is -2.47. The first-order valence-corrected chi connectivity index (χ1v) is 6.46. The van der Waals surface area contributed by atoms with Gasteiger partial charge in [-0.15, -0.1) is 0 Å². The number of aliphatic hydroxyl groups is 2. The molecule has 0 radical (unpaired) electrons. The van der Waals surface area contributed by atoms with Crippen molar-refractivity contribution in [3.05, 3.63) is 35.6 Å². The Balaban J connectivity index is 1.87. The number of aliphatic hydroxyl groups excluding tert-OH is 2. The van der Waals surface area contributed by atoms with Gasteiger partial charge in [0.2, 0.25) is 0 Å². The Morgan fingerprint density at radius 3 is 2.67 bits per heavy atom. The van der Waals surface area contributed by atoms with Gasteiger partial charge >= 0.3 is 0 Å². The van der Waals surface area contributed by atoms with E-state index in [0.717, 1.165) is 31.5 Å². The molecule has 0 aliphatic carbocycles. The zero-order chi connectivity index (χ0) is 13.0. The molecule has 2 rings (SSSR count). The van der Waals surface area contributed by atoms with Gasteiger partial charge in [-0.05, 0) is 37.0 Å². The average Bonchev–Trinajstić information content (AvgIpc) is 2.39. The van der Waals surface area contributed by atoms with E-state index in [4.69, 9.17) is 0 Å². The van der Waals surface area contributed by atoms with Gasteiger partial charge in [0.15, 0.2) is 0 Å². The normalized spacial score (nSPS) is 25.3. The Labute approximate surface area is 107 Å². The molecule has 1 aromatic carbocycles. The van der Waals surface area contributed by atoms with Crippen molar-refractivity contribution in [3.63, 3.8) is 0 Å². The number of rotatable bonds is 4. The van der Waals surface area contributed by atoms with E-state index in [2.05, 4.69) is 4.90 Å². The van der Waals surface area contributed by atoms with E-state index < -0.39 is 0 Å². The van der Waals surface area contributed by atoms with Gasteiger partial charge in [-0.3, -0.25) is 4.90 Å². The molecular weight excluding hydrogens is 233 g/mol. The van der Waals surface area contributed by atoms with Gasteiger partial charge in [0.1, 0.15) is 5.82 Å². The molecule has 4 heteroatoms. The molecule has 18 heavy (non-hydrogen) atoms. The van der Waals surface area contributed by atoms with Crippen LogP contribution in [0.15, 0.2) is 24.3 Å². The van der Waals surface area contributed by atoms with E-state index in [-0.39, 0.29) is 24.6 Å². The van der Waals surface area contributed by atoms with Crippen molar-refractivity contribution in [2.75, 3.05) is 19.7 Å². The highest BCUT2D eigenvalue weighted by Crippen LogP contribution is 2.17. The molecule has 0 saturated carbocycles. The molecule has 0 aromatic heterocycles. The Kier molecular flexibility index (Phi) is 4.69. The van der Waals surface area contributed by atoms with E-state index in [9.17, 15) is 14.6 Å². The summed E-state index contributed by atoms with van der Waals surface area (Å²) in [6.45, 7) is 1.73. The first-order chi connectivity index (χ1) is 8.69. The van der Waals surface area contributed by atoms with Gasteiger partial charge < -0.3 is 10.2 Å². The monoisotopic (exact) mass is 253 g/mol. The summed E-state index contributed by atoms with van der Waals surface area (Å²) in [6.07, 6.45) is 1.96. The Hall–Kier alpha value is -0.970. The van der Waals surface area contributed by atoms with Crippen molar-refractivity contribution in [1.82, 2.24) is 4.90 Å². The second kappa shape index (κ2) is 6.27. The topological polar surface area (TPSA) is 43.7 Å². The average molecular weight is 253 g/mol. The molecule has 1 saturated heterocycles. The standard InChI is InChI=1S/C14H20FNO2/c15-12-3-1-11(2-4-12)5-7-16-8-6-14(18)9-13(16)10-17/h1-4,13-14,17-18H,5-10H2. The maximum atomic E-state index is 12.8. The lowest BCUT2D eigenvalue weighted by Gasteiger charge is -2.36. The highest BCUT2D eigenvalue weighted by Gasteiger charge is 2.26. The molecule has 0 bridgehead atoms. The minimum absolute atomic E-state index is 0.0502. The van der Waals surface area contributed by atoms with Crippen LogP contribution in [0.4, 0.5) is 4.39 Å². The molecule has 0 spiro atoms. The van der Waals surface area contributed by atoms with Crippen molar-refractivity contribution in [1.29, 1.82) is 0 Å². The Bertz CT molecular complexity index is 369. The maximum absolute atomic E-state index is 12.8. The summed E-state index contributed by atoms with van der Waals surface area (Å²) in [5, 5.41) is 18.9. The van der Waals surface area contributed by atoms with E-state index >= 15 is 0 Å². The minimum Gasteiger partial charge on any atom is -0.395 e. The quantitative estimate of drug-likeness (QED) is 0.847. The zero-order valence-corrected chi connectivity index (χ0v) is 10.4. The summed E-state index contributed by atoms with van der Waals surface area (Å²) in [5.74, 6) is -0.215. The third kappa shape index (κ3) is 3.51. The van der Waals surface area contributed by atoms with Gasteiger partial charge in [0.05, 0.1) is 12.7 Å². The molecule has 2 atom stereocenters. The predicted molar refractivity (Wildman–Crippen MR) is 67.8 cm³/mol. The second-order valence-corrected chi connectivity index (χ2v) is 4.93. The molecule has 1 heterocycles. The molecule has 2 unspecified atom stereocenters. The molecule has 100 valence electrons. The van der Waals surface area contributed by atoms with Crippen LogP contribution in [0.5, 0.6) is 0 Å². The van der Waals surface area contributed by atoms with Crippen molar-refractivity contribution in [2.45, 2.75) is 31.4 Å². The zero-order valence-electron chi connectivity index (χ0n) is 10.4. The van der Waals surface area contributed by atoms with E-state index in [1.54, 1.807) is 12.1 Å². The van der Waals surface area contributed by atoms with E-state index in [0.29, 0.717) is 6.42 Å². The van der Waals surface area contributed by atoms with Crippen LogP contribution in [0, 0.1) is 5.82 Å². The number of piperidine rings is 1. The van der Waals surface area contributed by atoms with Crippen LogP contribution >= 0.6 is 0 Å². The summed E-state index contributed by atoms with van der Waals surface area (Å²) in [5.41, 5.74) is 1.10. The third-order valence-electron chi connectivity index (χ3n) is 3.62. The highest BCUT2D eigenvalue weighted by molar-refractivity contribution is 5.16. The van der Waals surface area contributed by atoms with Crippen LogP contribution in [0.3, 0.4) is 0 Å². The van der Waals surface area contributed by atoms with Crippen molar-refractivity contribution in [3.8, 4) is 0 Å². The second-order valence-electron chi connectivity index (χ2n) is 4.93. The number of halogens is 1. The van der Waals surface area contributed by atoms with Crippen LogP contribution < -0.4 is 0 Å². The van der Waals surface area contributed by atoms with Gasteiger partial charge in [-0.2, -0.15) is 0 Å². The van der Waals surface area contributed by atoms with Crippen molar-refractivity contribution < 1.29 is 14.6 Å². The predicted octanol–water partition coefficient (Wildman–Crippen LogP) is 1.19. The largest absolute Gasteiger partial charge is 0.395 e. The van der Waals surface area contributed by atoms with Crippen LogP contribution in [0.1, 0.15) is 18.4 Å². The fourth-order valence-corrected chi connectivity index (χ4v) is 2.49. The lowest BCUT2D eigenvalue weighted by molar-refractivity contribution is 0.0177. The van der Waals surface area contributed by atoms with Gasteiger partial charge in [-0.25, -0.2) is 4.39 Å². The fourth-order valence-electron chi connectivity index (χ4n) is 2.49. The molecule has 3 nitrogen and oxygen atoms in total. The first kappa shape index (κ1) is 13.5. The summed E-state index contributed by atoms with van der Waals surface area (Å²) in [4.78, 5) is 2.20. The minimum atomic E-state index is -0.288. The number of likely N-dealkylation sites (tertiary alicyclic amines) is 1. The van der Waals surface area contributed by atoms with E-state index in [1.165, 1.54) is 12.1 Å². The first-order valence-electron chi connectivity index (χ1n) is 6.46. The SMILES string of the molecule is OCC1CC(O)CCN1CCc1ccc(F)cc1. The molecular formula is C14H20FNO2. The molecule has 1 aromatic rings. The van der Waals surface area contributed by atoms with Crippen LogP contribution in [0.25, 0.3) is 0 Å². The number of nitrogens with zero attached hydrogens (tertiary/aromatic N) is 1. The number of hydrogen-bond acceptors (Lipinski definition) is 3. The van der Waals surface area contributed by atoms with Crippen LogP contribution in [0.2, 0.25) is 0 Å². The molecule has 1 aliphatic heterocycles. The molecule has 1 fully saturated rings.